The van der Waals surface area contributed by atoms with Crippen molar-refractivity contribution in [2.45, 2.75) is 32.2 Å². The predicted octanol–water partition coefficient (Wildman–Crippen LogP) is 3.37. The topological polar surface area (TPSA) is 56.3 Å². The zero-order chi connectivity index (χ0) is 15.4. The highest BCUT2D eigenvalue weighted by molar-refractivity contribution is 5.40. The van der Waals surface area contributed by atoms with Gasteiger partial charge in [0.15, 0.2) is 0 Å². The fourth-order valence-electron chi connectivity index (χ4n) is 2.22. The average Bonchev–Trinajstić information content (AvgIpc) is 3.38. The van der Waals surface area contributed by atoms with Crippen molar-refractivity contribution < 1.29 is 9.47 Å². The van der Waals surface area contributed by atoms with E-state index in [0.29, 0.717) is 24.9 Å². The number of hydrogen-bond donors (Lipinski definition) is 1. The van der Waals surface area contributed by atoms with E-state index >= 15 is 0 Å². The molecule has 22 heavy (non-hydrogen) atoms. The minimum atomic E-state index is 0.502. The molecule has 0 aliphatic heterocycles. The van der Waals surface area contributed by atoms with Crippen LogP contribution in [0, 0.1) is 0 Å². The molecule has 0 saturated heterocycles. The van der Waals surface area contributed by atoms with Gasteiger partial charge < -0.3 is 14.8 Å². The average molecular weight is 299 g/mol. The summed E-state index contributed by atoms with van der Waals surface area (Å²) in [6.07, 6.45) is 2.35. The highest BCUT2D eigenvalue weighted by Crippen LogP contribution is 2.39. The number of nitrogens with zero attached hydrogens (tertiary/aromatic N) is 2. The van der Waals surface area contributed by atoms with Gasteiger partial charge in [0.1, 0.15) is 17.4 Å². The molecule has 1 heterocycles. The second-order valence-electron chi connectivity index (χ2n) is 5.36. The lowest BCUT2D eigenvalue weighted by Gasteiger charge is -2.10. The standard InChI is InChI=1S/C17H21N3O2/c1-3-22-16-10-15(19-17(20-16)13-6-7-13)18-11-12-4-8-14(21-2)9-5-12/h4-5,8-10,13H,3,6-7,11H2,1-2H3,(H,18,19,20). The summed E-state index contributed by atoms with van der Waals surface area (Å²) < 4.78 is 10.7. The Balaban J connectivity index is 1.70. The molecule has 1 aromatic carbocycles. The summed E-state index contributed by atoms with van der Waals surface area (Å²) in [5.41, 5.74) is 1.17. The molecule has 2 aromatic rings. The molecule has 0 radical (unpaired) electrons. The Morgan fingerprint density at radius 2 is 1.95 bits per heavy atom. The first-order valence-corrected chi connectivity index (χ1v) is 7.67. The molecule has 0 spiro atoms. The van der Waals surface area contributed by atoms with Crippen molar-refractivity contribution in [2.75, 3.05) is 19.0 Å². The second-order valence-corrected chi connectivity index (χ2v) is 5.36. The van der Waals surface area contributed by atoms with Gasteiger partial charge >= 0.3 is 0 Å². The van der Waals surface area contributed by atoms with Gasteiger partial charge in [0.2, 0.25) is 5.88 Å². The van der Waals surface area contributed by atoms with E-state index in [1.54, 1.807) is 7.11 Å². The zero-order valence-electron chi connectivity index (χ0n) is 13.0. The number of ether oxygens (including phenoxy) is 2. The molecule has 1 fully saturated rings. The molecule has 3 rings (SSSR count). The highest BCUT2D eigenvalue weighted by atomic mass is 16.5. The fraction of sp³-hybridized carbons (Fsp3) is 0.412. The third-order valence-corrected chi connectivity index (χ3v) is 3.59. The van der Waals surface area contributed by atoms with Crippen molar-refractivity contribution in [3.8, 4) is 11.6 Å². The maximum absolute atomic E-state index is 5.54. The lowest BCUT2D eigenvalue weighted by Crippen LogP contribution is -2.06. The molecule has 116 valence electrons. The summed E-state index contributed by atoms with van der Waals surface area (Å²) in [5, 5.41) is 3.35. The molecule has 1 aromatic heterocycles. The van der Waals surface area contributed by atoms with Crippen LogP contribution in [-0.4, -0.2) is 23.7 Å². The van der Waals surface area contributed by atoms with Gasteiger partial charge in [-0.3, -0.25) is 0 Å². The summed E-state index contributed by atoms with van der Waals surface area (Å²) in [6, 6.07) is 9.85. The first kappa shape index (κ1) is 14.6. The Bertz CT molecular complexity index is 624. The van der Waals surface area contributed by atoms with Crippen molar-refractivity contribution >= 4 is 5.82 Å². The molecule has 0 amide bonds. The second kappa shape index (κ2) is 6.64. The summed E-state index contributed by atoms with van der Waals surface area (Å²) in [5.74, 6) is 3.72. The number of rotatable bonds is 7. The molecule has 0 unspecified atom stereocenters. The van der Waals surface area contributed by atoms with Gasteiger partial charge in [-0.2, -0.15) is 4.98 Å². The van der Waals surface area contributed by atoms with E-state index in [4.69, 9.17) is 9.47 Å². The van der Waals surface area contributed by atoms with Crippen molar-refractivity contribution in [3.63, 3.8) is 0 Å². The van der Waals surface area contributed by atoms with E-state index in [9.17, 15) is 0 Å². The van der Waals surface area contributed by atoms with Crippen LogP contribution in [0.2, 0.25) is 0 Å². The Kier molecular flexibility index (Phi) is 4.42. The quantitative estimate of drug-likeness (QED) is 0.849. The molecule has 1 saturated carbocycles. The van der Waals surface area contributed by atoms with E-state index in [1.807, 2.05) is 37.3 Å². The zero-order valence-corrected chi connectivity index (χ0v) is 13.0. The summed E-state index contributed by atoms with van der Waals surface area (Å²) >= 11 is 0. The SMILES string of the molecule is CCOc1cc(NCc2ccc(OC)cc2)nc(C2CC2)n1. The minimum absolute atomic E-state index is 0.502. The van der Waals surface area contributed by atoms with Crippen LogP contribution in [-0.2, 0) is 6.54 Å². The van der Waals surface area contributed by atoms with E-state index in [2.05, 4.69) is 15.3 Å². The minimum Gasteiger partial charge on any atom is -0.497 e. The first-order valence-electron chi connectivity index (χ1n) is 7.67. The maximum Gasteiger partial charge on any atom is 0.218 e. The monoisotopic (exact) mass is 299 g/mol. The number of aromatic nitrogens is 2. The molecular formula is C17H21N3O2. The maximum atomic E-state index is 5.54. The van der Waals surface area contributed by atoms with Crippen LogP contribution in [0.3, 0.4) is 0 Å². The summed E-state index contributed by atoms with van der Waals surface area (Å²) in [4.78, 5) is 9.07. The van der Waals surface area contributed by atoms with Gasteiger partial charge in [-0.05, 0) is 37.5 Å². The van der Waals surface area contributed by atoms with Gasteiger partial charge in [0.05, 0.1) is 13.7 Å². The third kappa shape index (κ3) is 3.67. The van der Waals surface area contributed by atoms with Crippen LogP contribution in [0.15, 0.2) is 30.3 Å². The molecule has 5 nitrogen and oxygen atoms in total. The molecule has 5 heteroatoms. The van der Waals surface area contributed by atoms with Crippen LogP contribution in [0.4, 0.5) is 5.82 Å². The Morgan fingerprint density at radius 3 is 2.59 bits per heavy atom. The molecule has 1 aliphatic rings. The third-order valence-electron chi connectivity index (χ3n) is 3.59. The van der Waals surface area contributed by atoms with Crippen molar-refractivity contribution in [1.29, 1.82) is 0 Å². The van der Waals surface area contributed by atoms with Crippen LogP contribution < -0.4 is 14.8 Å². The number of methoxy groups -OCH3 is 1. The van der Waals surface area contributed by atoms with Gasteiger partial charge in [0, 0.05) is 18.5 Å². The van der Waals surface area contributed by atoms with Crippen LogP contribution in [0.1, 0.15) is 37.1 Å². The van der Waals surface area contributed by atoms with Crippen molar-refractivity contribution in [1.82, 2.24) is 9.97 Å². The number of benzene rings is 1. The van der Waals surface area contributed by atoms with Crippen LogP contribution >= 0.6 is 0 Å². The van der Waals surface area contributed by atoms with Gasteiger partial charge in [-0.25, -0.2) is 4.98 Å². The number of anilines is 1. The van der Waals surface area contributed by atoms with E-state index in [0.717, 1.165) is 17.4 Å². The Morgan fingerprint density at radius 1 is 1.18 bits per heavy atom. The fourth-order valence-corrected chi connectivity index (χ4v) is 2.22. The molecule has 0 atom stereocenters. The van der Waals surface area contributed by atoms with E-state index in [-0.39, 0.29) is 0 Å². The number of nitrogens with one attached hydrogen (secondary N) is 1. The Labute approximate surface area is 130 Å². The van der Waals surface area contributed by atoms with Gasteiger partial charge in [-0.15, -0.1) is 0 Å². The van der Waals surface area contributed by atoms with E-state index in [1.165, 1.54) is 18.4 Å². The van der Waals surface area contributed by atoms with Crippen molar-refractivity contribution in [3.05, 3.63) is 41.7 Å². The lowest BCUT2D eigenvalue weighted by molar-refractivity contribution is 0.325. The molecule has 0 bridgehead atoms. The molecule has 1 N–H and O–H groups in total. The predicted molar refractivity (Wildman–Crippen MR) is 85.5 cm³/mol. The smallest absolute Gasteiger partial charge is 0.218 e. The number of hydrogen-bond acceptors (Lipinski definition) is 5. The van der Waals surface area contributed by atoms with Gasteiger partial charge in [0.25, 0.3) is 0 Å². The van der Waals surface area contributed by atoms with E-state index < -0.39 is 0 Å². The normalized spacial score (nSPS) is 13.7. The lowest BCUT2D eigenvalue weighted by atomic mass is 10.2. The van der Waals surface area contributed by atoms with Gasteiger partial charge in [-0.1, -0.05) is 12.1 Å². The van der Waals surface area contributed by atoms with Crippen LogP contribution in [0.5, 0.6) is 11.6 Å². The highest BCUT2D eigenvalue weighted by Gasteiger charge is 2.27. The summed E-state index contributed by atoms with van der Waals surface area (Å²) in [7, 11) is 1.67. The van der Waals surface area contributed by atoms with Crippen molar-refractivity contribution in [2.24, 2.45) is 0 Å². The largest absolute Gasteiger partial charge is 0.497 e. The molecular weight excluding hydrogens is 278 g/mol. The summed E-state index contributed by atoms with van der Waals surface area (Å²) in [6.45, 7) is 3.28. The van der Waals surface area contributed by atoms with Crippen LogP contribution in [0.25, 0.3) is 0 Å². The first-order chi connectivity index (χ1) is 10.8. The Hall–Kier alpha value is -2.30. The molecule has 1 aliphatic carbocycles.